The average molecular weight is 233 g/mol. The predicted molar refractivity (Wildman–Crippen MR) is 73.4 cm³/mol. The van der Waals surface area contributed by atoms with Gasteiger partial charge in [-0.2, -0.15) is 0 Å². The van der Waals surface area contributed by atoms with E-state index >= 15 is 0 Å². The molecule has 0 aliphatic carbocycles. The molecule has 3 heteroatoms. The summed E-state index contributed by atoms with van der Waals surface area (Å²) in [5.74, 6) is 0.720. The van der Waals surface area contributed by atoms with Gasteiger partial charge in [-0.15, -0.1) is 0 Å². The zero-order chi connectivity index (χ0) is 12.3. The summed E-state index contributed by atoms with van der Waals surface area (Å²) < 4.78 is 0. The Morgan fingerprint density at radius 1 is 1.35 bits per heavy atom. The van der Waals surface area contributed by atoms with E-state index in [1.54, 1.807) is 0 Å². The van der Waals surface area contributed by atoms with Gasteiger partial charge in [-0.25, -0.2) is 0 Å². The van der Waals surface area contributed by atoms with Crippen molar-refractivity contribution in [2.24, 2.45) is 5.92 Å². The summed E-state index contributed by atoms with van der Waals surface area (Å²) in [6, 6.07) is 9.18. The minimum absolute atomic E-state index is 0.466. The molecule has 0 aromatic heterocycles. The number of likely N-dealkylation sites (tertiary alicyclic amines) is 1. The summed E-state index contributed by atoms with van der Waals surface area (Å²) in [6.45, 7) is 2.41. The lowest BCUT2D eigenvalue weighted by Gasteiger charge is -2.24. The molecule has 2 rings (SSSR count). The third-order valence-corrected chi connectivity index (χ3v) is 3.74. The lowest BCUT2D eigenvalue weighted by molar-refractivity contribution is 0.351. The number of rotatable bonds is 4. The Balaban J connectivity index is 2.16. The molecule has 2 N–H and O–H groups in total. The standard InChI is InChI=1S/C14H23N3/c1-15-13-6-4-5-11(9-13)14(16-2)12-7-8-17(3)10-12/h4-6,9,12,14-16H,7-8,10H2,1-3H3. The van der Waals surface area contributed by atoms with E-state index in [2.05, 4.69) is 53.9 Å². The molecule has 0 saturated carbocycles. The second kappa shape index (κ2) is 5.52. The number of hydrogen-bond donors (Lipinski definition) is 2. The van der Waals surface area contributed by atoms with Gasteiger partial charge < -0.3 is 15.5 Å². The highest BCUT2D eigenvalue weighted by Gasteiger charge is 2.27. The van der Waals surface area contributed by atoms with E-state index in [4.69, 9.17) is 0 Å². The molecule has 1 fully saturated rings. The summed E-state index contributed by atoms with van der Waals surface area (Å²) in [4.78, 5) is 2.41. The fourth-order valence-electron chi connectivity index (χ4n) is 2.80. The van der Waals surface area contributed by atoms with Crippen LogP contribution < -0.4 is 10.6 Å². The van der Waals surface area contributed by atoms with Gasteiger partial charge in [0.05, 0.1) is 0 Å². The van der Waals surface area contributed by atoms with Gasteiger partial charge in [0, 0.05) is 25.3 Å². The molecule has 1 aliphatic rings. The lowest BCUT2D eigenvalue weighted by Crippen LogP contribution is -2.27. The largest absolute Gasteiger partial charge is 0.388 e. The predicted octanol–water partition coefficient (Wildman–Crippen LogP) is 1.94. The molecule has 0 bridgehead atoms. The summed E-state index contributed by atoms with van der Waals surface area (Å²) in [7, 11) is 6.24. The molecule has 1 aromatic rings. The van der Waals surface area contributed by atoms with E-state index in [-0.39, 0.29) is 0 Å². The fraction of sp³-hybridized carbons (Fsp3) is 0.571. The van der Waals surface area contributed by atoms with Crippen molar-refractivity contribution < 1.29 is 0 Å². The van der Waals surface area contributed by atoms with E-state index in [1.165, 1.54) is 30.8 Å². The zero-order valence-electron chi connectivity index (χ0n) is 11.0. The van der Waals surface area contributed by atoms with Crippen LogP contribution in [0.15, 0.2) is 24.3 Å². The van der Waals surface area contributed by atoms with Crippen molar-refractivity contribution in [1.29, 1.82) is 0 Å². The normalized spacial score (nSPS) is 22.6. The van der Waals surface area contributed by atoms with Crippen LogP contribution in [-0.4, -0.2) is 39.1 Å². The Morgan fingerprint density at radius 2 is 2.18 bits per heavy atom. The fourth-order valence-corrected chi connectivity index (χ4v) is 2.80. The maximum absolute atomic E-state index is 3.48. The highest BCUT2D eigenvalue weighted by molar-refractivity contribution is 5.46. The van der Waals surface area contributed by atoms with E-state index in [9.17, 15) is 0 Å². The van der Waals surface area contributed by atoms with Crippen LogP contribution in [-0.2, 0) is 0 Å². The summed E-state index contributed by atoms with van der Waals surface area (Å²) in [5, 5.41) is 6.69. The number of anilines is 1. The lowest BCUT2D eigenvalue weighted by atomic mass is 9.92. The van der Waals surface area contributed by atoms with E-state index in [1.807, 2.05) is 7.05 Å². The van der Waals surface area contributed by atoms with Crippen LogP contribution in [0.2, 0.25) is 0 Å². The molecule has 1 aromatic carbocycles. The number of nitrogens with zero attached hydrogens (tertiary/aromatic N) is 1. The maximum Gasteiger partial charge on any atom is 0.0359 e. The first-order valence-electron chi connectivity index (χ1n) is 6.38. The monoisotopic (exact) mass is 233 g/mol. The van der Waals surface area contributed by atoms with Gasteiger partial charge in [0.1, 0.15) is 0 Å². The summed E-state index contributed by atoms with van der Waals surface area (Å²) in [6.07, 6.45) is 1.28. The molecule has 1 heterocycles. The Bertz CT molecular complexity index is 364. The Morgan fingerprint density at radius 3 is 2.76 bits per heavy atom. The second-order valence-corrected chi connectivity index (χ2v) is 4.95. The van der Waals surface area contributed by atoms with Crippen molar-refractivity contribution >= 4 is 5.69 Å². The highest BCUT2D eigenvalue weighted by atomic mass is 15.1. The Kier molecular flexibility index (Phi) is 4.02. The minimum atomic E-state index is 0.466. The van der Waals surface area contributed by atoms with Gasteiger partial charge in [-0.3, -0.25) is 0 Å². The molecule has 1 saturated heterocycles. The molecule has 2 unspecified atom stereocenters. The van der Waals surface area contributed by atoms with E-state index in [0.717, 1.165) is 5.92 Å². The van der Waals surface area contributed by atoms with Gasteiger partial charge in [0.25, 0.3) is 0 Å². The van der Waals surface area contributed by atoms with Crippen molar-refractivity contribution in [1.82, 2.24) is 10.2 Å². The van der Waals surface area contributed by atoms with Gasteiger partial charge in [0.15, 0.2) is 0 Å². The van der Waals surface area contributed by atoms with Crippen LogP contribution in [0.5, 0.6) is 0 Å². The number of benzene rings is 1. The zero-order valence-corrected chi connectivity index (χ0v) is 11.0. The van der Waals surface area contributed by atoms with Crippen LogP contribution in [0.4, 0.5) is 5.69 Å². The highest BCUT2D eigenvalue weighted by Crippen LogP contribution is 2.30. The maximum atomic E-state index is 3.48. The molecule has 0 amide bonds. The van der Waals surface area contributed by atoms with E-state index in [0.29, 0.717) is 6.04 Å². The quantitative estimate of drug-likeness (QED) is 0.832. The van der Waals surface area contributed by atoms with Crippen LogP contribution >= 0.6 is 0 Å². The molecule has 1 aliphatic heterocycles. The first-order valence-corrected chi connectivity index (χ1v) is 6.38. The topological polar surface area (TPSA) is 27.3 Å². The van der Waals surface area contributed by atoms with Crippen LogP contribution in [0.3, 0.4) is 0 Å². The van der Waals surface area contributed by atoms with Gasteiger partial charge in [0.2, 0.25) is 0 Å². The SMILES string of the molecule is CNc1cccc(C(NC)C2CCN(C)C2)c1. The van der Waals surface area contributed by atoms with Crippen LogP contribution in [0.25, 0.3) is 0 Å². The van der Waals surface area contributed by atoms with Gasteiger partial charge in [-0.05, 0) is 50.7 Å². The van der Waals surface area contributed by atoms with Gasteiger partial charge in [-0.1, -0.05) is 12.1 Å². The molecule has 94 valence electrons. The van der Waals surface area contributed by atoms with Crippen molar-refractivity contribution in [3.8, 4) is 0 Å². The molecule has 0 spiro atoms. The number of nitrogens with one attached hydrogen (secondary N) is 2. The van der Waals surface area contributed by atoms with E-state index < -0.39 is 0 Å². The molecule has 2 atom stereocenters. The van der Waals surface area contributed by atoms with Crippen LogP contribution in [0, 0.1) is 5.92 Å². The van der Waals surface area contributed by atoms with Gasteiger partial charge >= 0.3 is 0 Å². The molecule has 0 radical (unpaired) electrons. The first-order chi connectivity index (χ1) is 8.24. The molecule has 3 nitrogen and oxygen atoms in total. The molecular formula is C14H23N3. The van der Waals surface area contributed by atoms with Crippen molar-refractivity contribution in [3.05, 3.63) is 29.8 Å². The van der Waals surface area contributed by atoms with Crippen molar-refractivity contribution in [2.45, 2.75) is 12.5 Å². The summed E-state index contributed by atoms with van der Waals surface area (Å²) >= 11 is 0. The Hall–Kier alpha value is -1.06. The smallest absolute Gasteiger partial charge is 0.0359 e. The third kappa shape index (κ3) is 2.79. The molecular weight excluding hydrogens is 210 g/mol. The summed E-state index contributed by atoms with van der Waals surface area (Å²) in [5.41, 5.74) is 2.58. The van der Waals surface area contributed by atoms with Crippen LogP contribution in [0.1, 0.15) is 18.0 Å². The third-order valence-electron chi connectivity index (χ3n) is 3.74. The minimum Gasteiger partial charge on any atom is -0.388 e. The van der Waals surface area contributed by atoms with Crippen molar-refractivity contribution in [3.63, 3.8) is 0 Å². The Labute approximate surface area is 104 Å². The molecule has 17 heavy (non-hydrogen) atoms. The first kappa shape index (κ1) is 12.4. The average Bonchev–Trinajstić information content (AvgIpc) is 2.77. The number of hydrogen-bond acceptors (Lipinski definition) is 3. The second-order valence-electron chi connectivity index (χ2n) is 4.95. The van der Waals surface area contributed by atoms with Crippen molar-refractivity contribution in [2.75, 3.05) is 39.5 Å².